The first-order valence-corrected chi connectivity index (χ1v) is 9.56. The van der Waals surface area contributed by atoms with Crippen LogP contribution in [0.1, 0.15) is 11.4 Å². The Bertz CT molecular complexity index is 1010. The first-order chi connectivity index (χ1) is 13.3. The molecule has 2 aromatic carbocycles. The van der Waals surface area contributed by atoms with Crippen LogP contribution < -0.4 is 10.2 Å². The third kappa shape index (κ3) is 3.66. The van der Waals surface area contributed by atoms with Gasteiger partial charge >= 0.3 is 6.18 Å². The van der Waals surface area contributed by atoms with E-state index in [1.54, 1.807) is 30.3 Å². The van der Waals surface area contributed by atoms with E-state index < -0.39 is 12.0 Å². The number of hydrogen-bond acceptors (Lipinski definition) is 3. The number of aromatic nitrogens is 2. The molecule has 9 heteroatoms. The Kier molecular flexibility index (Phi) is 5.16. The fourth-order valence-electron chi connectivity index (χ4n) is 3.49. The first-order valence-electron chi connectivity index (χ1n) is 8.80. The molecule has 1 N–H and O–H groups in total. The van der Waals surface area contributed by atoms with E-state index in [1.807, 2.05) is 6.07 Å². The van der Waals surface area contributed by atoms with E-state index in [4.69, 9.17) is 23.2 Å². The van der Waals surface area contributed by atoms with Gasteiger partial charge in [-0.25, -0.2) is 4.98 Å². The van der Waals surface area contributed by atoms with E-state index in [9.17, 15) is 13.2 Å². The van der Waals surface area contributed by atoms with Crippen molar-refractivity contribution in [3.8, 4) is 0 Å². The minimum absolute atomic E-state index is 0.00671. The molecule has 0 spiro atoms. The lowest BCUT2D eigenvalue weighted by molar-refractivity contribution is -0.146. The molecule has 0 atom stereocenters. The van der Waals surface area contributed by atoms with Gasteiger partial charge in [-0.15, -0.1) is 0 Å². The third-order valence-electron chi connectivity index (χ3n) is 4.79. The Morgan fingerprint density at radius 3 is 2.46 bits per heavy atom. The summed E-state index contributed by atoms with van der Waals surface area (Å²) in [6, 6.07) is 10.1. The van der Waals surface area contributed by atoms with E-state index in [2.05, 4.69) is 15.2 Å². The van der Waals surface area contributed by atoms with Crippen LogP contribution in [0.15, 0.2) is 36.4 Å². The molecule has 2 heterocycles. The van der Waals surface area contributed by atoms with Crippen molar-refractivity contribution < 1.29 is 13.2 Å². The average molecular weight is 429 g/mol. The van der Waals surface area contributed by atoms with Gasteiger partial charge in [-0.2, -0.15) is 13.2 Å². The first kappa shape index (κ1) is 19.4. The highest BCUT2D eigenvalue weighted by molar-refractivity contribution is 6.42. The molecule has 1 aliphatic heterocycles. The fourth-order valence-corrected chi connectivity index (χ4v) is 3.81. The SMILES string of the molecule is FC(F)(F)c1nc2c(N3CCNCC3)cccc2n1Cc1ccc(Cl)c(Cl)c1. The van der Waals surface area contributed by atoms with Gasteiger partial charge in [-0.3, -0.25) is 0 Å². The van der Waals surface area contributed by atoms with Gasteiger partial charge in [-0.05, 0) is 29.8 Å². The number of nitrogens with one attached hydrogen (secondary N) is 1. The van der Waals surface area contributed by atoms with E-state index in [-0.39, 0.29) is 6.54 Å². The Morgan fingerprint density at radius 2 is 1.79 bits per heavy atom. The number of alkyl halides is 3. The molecule has 0 bridgehead atoms. The molecule has 1 fully saturated rings. The average Bonchev–Trinajstić information content (AvgIpc) is 3.04. The maximum Gasteiger partial charge on any atom is 0.449 e. The van der Waals surface area contributed by atoms with Crippen molar-refractivity contribution in [3.63, 3.8) is 0 Å². The molecule has 148 valence electrons. The third-order valence-corrected chi connectivity index (χ3v) is 5.53. The maximum absolute atomic E-state index is 13.8. The topological polar surface area (TPSA) is 33.1 Å². The highest BCUT2D eigenvalue weighted by Gasteiger charge is 2.38. The number of anilines is 1. The molecular weight excluding hydrogens is 412 g/mol. The molecule has 0 saturated carbocycles. The smallest absolute Gasteiger partial charge is 0.367 e. The number of nitrogens with zero attached hydrogens (tertiary/aromatic N) is 3. The number of fused-ring (bicyclic) bond motifs is 1. The lowest BCUT2D eigenvalue weighted by Crippen LogP contribution is -2.43. The number of hydrogen-bond donors (Lipinski definition) is 1. The van der Waals surface area contributed by atoms with Crippen LogP contribution >= 0.6 is 23.2 Å². The largest absolute Gasteiger partial charge is 0.449 e. The molecule has 0 unspecified atom stereocenters. The van der Waals surface area contributed by atoms with Crippen LogP contribution in [-0.2, 0) is 12.7 Å². The molecule has 4 rings (SSSR count). The van der Waals surface area contributed by atoms with Gasteiger partial charge in [0.1, 0.15) is 5.52 Å². The Balaban J connectivity index is 1.84. The number of rotatable bonds is 3. The summed E-state index contributed by atoms with van der Waals surface area (Å²) in [6.07, 6.45) is -4.57. The minimum Gasteiger partial charge on any atom is -0.367 e. The summed E-state index contributed by atoms with van der Waals surface area (Å²) < 4.78 is 42.5. The summed E-state index contributed by atoms with van der Waals surface area (Å²) in [5.74, 6) is -0.920. The van der Waals surface area contributed by atoms with Crippen molar-refractivity contribution >= 4 is 39.9 Å². The highest BCUT2D eigenvalue weighted by atomic mass is 35.5. The quantitative estimate of drug-likeness (QED) is 0.648. The van der Waals surface area contributed by atoms with E-state index >= 15 is 0 Å². The molecule has 1 aliphatic rings. The normalized spacial score (nSPS) is 15.4. The van der Waals surface area contributed by atoms with Gasteiger partial charge in [0, 0.05) is 32.7 Å². The monoisotopic (exact) mass is 428 g/mol. The van der Waals surface area contributed by atoms with Crippen LogP contribution in [0.25, 0.3) is 11.0 Å². The molecule has 3 aromatic rings. The molecule has 0 aliphatic carbocycles. The van der Waals surface area contributed by atoms with Gasteiger partial charge in [0.2, 0.25) is 5.82 Å². The number of imidazole rings is 1. The second kappa shape index (κ2) is 7.46. The van der Waals surface area contributed by atoms with Crippen molar-refractivity contribution in [1.29, 1.82) is 0 Å². The molecule has 28 heavy (non-hydrogen) atoms. The second-order valence-corrected chi connectivity index (χ2v) is 7.46. The summed E-state index contributed by atoms with van der Waals surface area (Å²) in [5.41, 5.74) is 2.13. The van der Waals surface area contributed by atoms with Crippen molar-refractivity contribution in [2.45, 2.75) is 12.7 Å². The van der Waals surface area contributed by atoms with Gasteiger partial charge in [0.25, 0.3) is 0 Å². The van der Waals surface area contributed by atoms with E-state index in [1.165, 1.54) is 4.57 Å². The number of benzene rings is 2. The van der Waals surface area contributed by atoms with Crippen molar-refractivity contribution in [2.75, 3.05) is 31.1 Å². The molecular formula is C19H17Cl2F3N4. The summed E-state index contributed by atoms with van der Waals surface area (Å²) in [6.45, 7) is 3.01. The summed E-state index contributed by atoms with van der Waals surface area (Å²) in [5, 5.41) is 3.91. The van der Waals surface area contributed by atoms with Gasteiger partial charge in [-0.1, -0.05) is 35.3 Å². The van der Waals surface area contributed by atoms with Crippen LogP contribution in [0.3, 0.4) is 0 Å². The number of halogens is 5. The van der Waals surface area contributed by atoms with Crippen LogP contribution in [0.5, 0.6) is 0 Å². The van der Waals surface area contributed by atoms with Gasteiger partial charge in [0.15, 0.2) is 0 Å². The standard InChI is InChI=1S/C19H17Cl2F3N4/c20-13-5-4-12(10-14(13)21)11-28-16-3-1-2-15(27-8-6-25-7-9-27)17(16)26-18(28)19(22,23)24/h1-5,10,25H,6-9,11H2. The number of piperazine rings is 1. The minimum atomic E-state index is -4.57. The van der Waals surface area contributed by atoms with E-state index in [0.29, 0.717) is 26.6 Å². The maximum atomic E-state index is 13.8. The zero-order valence-electron chi connectivity index (χ0n) is 14.7. The molecule has 1 aromatic heterocycles. The van der Waals surface area contributed by atoms with Crippen LogP contribution in [0.2, 0.25) is 10.0 Å². The van der Waals surface area contributed by atoms with Gasteiger partial charge < -0.3 is 14.8 Å². The van der Waals surface area contributed by atoms with Crippen molar-refractivity contribution in [1.82, 2.24) is 14.9 Å². The zero-order valence-corrected chi connectivity index (χ0v) is 16.2. The summed E-state index contributed by atoms with van der Waals surface area (Å²) in [7, 11) is 0. The van der Waals surface area contributed by atoms with E-state index in [0.717, 1.165) is 31.9 Å². The Labute approximate surface area is 169 Å². The van der Waals surface area contributed by atoms with Crippen molar-refractivity contribution in [2.24, 2.45) is 0 Å². The molecule has 1 saturated heterocycles. The number of para-hydroxylation sites is 1. The summed E-state index contributed by atoms with van der Waals surface area (Å²) >= 11 is 12.0. The van der Waals surface area contributed by atoms with Crippen LogP contribution in [-0.4, -0.2) is 35.7 Å². The Hall–Kier alpha value is -1.96. The lowest BCUT2D eigenvalue weighted by Gasteiger charge is -2.29. The predicted octanol–water partition coefficient (Wildman–Crippen LogP) is 4.82. The van der Waals surface area contributed by atoms with Crippen LogP contribution in [0.4, 0.5) is 18.9 Å². The van der Waals surface area contributed by atoms with Crippen molar-refractivity contribution in [3.05, 3.63) is 57.8 Å². The predicted molar refractivity (Wildman–Crippen MR) is 105 cm³/mol. The fraction of sp³-hybridized carbons (Fsp3) is 0.316. The second-order valence-electron chi connectivity index (χ2n) is 6.65. The molecule has 0 radical (unpaired) electrons. The molecule has 0 amide bonds. The van der Waals surface area contributed by atoms with Gasteiger partial charge in [0.05, 0.1) is 21.2 Å². The highest BCUT2D eigenvalue weighted by Crippen LogP contribution is 2.36. The molecule has 4 nitrogen and oxygen atoms in total. The van der Waals surface area contributed by atoms with Crippen LogP contribution in [0, 0.1) is 0 Å². The summed E-state index contributed by atoms with van der Waals surface area (Å²) in [4.78, 5) is 6.08. The zero-order chi connectivity index (χ0) is 19.9. The Morgan fingerprint density at radius 1 is 1.04 bits per heavy atom. The lowest BCUT2D eigenvalue weighted by atomic mass is 10.2.